The van der Waals surface area contributed by atoms with Crippen molar-refractivity contribution in [1.82, 2.24) is 4.90 Å². The number of hydrogen-bond acceptors (Lipinski definition) is 7. The Balaban J connectivity index is 1.96. The molecule has 7 nitrogen and oxygen atoms in total. The zero-order chi connectivity index (χ0) is 24.0. The molecule has 0 N–H and O–H groups in total. The second kappa shape index (κ2) is 11.4. The van der Waals surface area contributed by atoms with Crippen molar-refractivity contribution >= 4 is 56.5 Å². The van der Waals surface area contributed by atoms with Gasteiger partial charge in [-0.3, -0.25) is 9.69 Å². The van der Waals surface area contributed by atoms with E-state index in [1.165, 1.54) is 18.9 Å². The Morgan fingerprint density at radius 3 is 2.58 bits per heavy atom. The monoisotopic (exact) mass is 532 g/mol. The predicted octanol–water partition coefficient (Wildman–Crippen LogP) is 5.66. The van der Waals surface area contributed by atoms with E-state index < -0.39 is 5.97 Å². The summed E-state index contributed by atoms with van der Waals surface area (Å²) >= 11 is 4.83. The third-order valence-electron chi connectivity index (χ3n) is 4.61. The number of rotatable bonds is 8. The minimum atomic E-state index is -0.439. The molecule has 0 saturated carbocycles. The van der Waals surface area contributed by atoms with Crippen LogP contribution in [0.4, 0.5) is 5.69 Å². The van der Waals surface area contributed by atoms with Gasteiger partial charge in [0.25, 0.3) is 5.91 Å². The molecule has 0 atom stereocenters. The Labute approximate surface area is 205 Å². The first-order valence-electron chi connectivity index (χ1n) is 10.5. The smallest absolute Gasteiger partial charge is 0.337 e. The standard InChI is InChI=1S/C24H25BrN2O5S/c1-5-27-22(28)20(13-15-11-18(25)21(32-7-3)19(12-15)31-6-2)33-24(27)26-17-10-8-9-16(14-17)23(29)30-4/h8-14H,5-7H2,1-4H3. The molecule has 33 heavy (non-hydrogen) atoms. The highest BCUT2D eigenvalue weighted by Crippen LogP contribution is 2.39. The Morgan fingerprint density at radius 2 is 1.91 bits per heavy atom. The van der Waals surface area contributed by atoms with Gasteiger partial charge in [-0.2, -0.15) is 0 Å². The average Bonchev–Trinajstić information content (AvgIpc) is 3.09. The van der Waals surface area contributed by atoms with Crippen molar-refractivity contribution in [3.8, 4) is 11.5 Å². The summed E-state index contributed by atoms with van der Waals surface area (Å²) < 4.78 is 17.0. The number of benzene rings is 2. The third kappa shape index (κ3) is 5.78. The van der Waals surface area contributed by atoms with E-state index in [0.717, 1.165) is 10.0 Å². The first-order chi connectivity index (χ1) is 15.9. The van der Waals surface area contributed by atoms with Gasteiger partial charge in [0.05, 0.1) is 41.0 Å². The summed E-state index contributed by atoms with van der Waals surface area (Å²) in [7, 11) is 1.33. The summed E-state index contributed by atoms with van der Waals surface area (Å²) in [6, 6.07) is 10.5. The van der Waals surface area contributed by atoms with Gasteiger partial charge in [0.1, 0.15) is 0 Å². The number of thioether (sulfide) groups is 1. The number of esters is 1. The number of methoxy groups -OCH3 is 1. The van der Waals surface area contributed by atoms with E-state index in [1.807, 2.05) is 39.0 Å². The summed E-state index contributed by atoms with van der Waals surface area (Å²) in [4.78, 5) is 31.6. The third-order valence-corrected chi connectivity index (χ3v) is 6.21. The normalized spacial score (nSPS) is 15.9. The first-order valence-corrected chi connectivity index (χ1v) is 12.1. The van der Waals surface area contributed by atoms with Gasteiger partial charge in [0.2, 0.25) is 0 Å². The quantitative estimate of drug-likeness (QED) is 0.322. The molecule has 1 saturated heterocycles. The minimum Gasteiger partial charge on any atom is -0.490 e. The van der Waals surface area contributed by atoms with Crippen LogP contribution in [0.15, 0.2) is 50.8 Å². The second-order valence-corrected chi connectivity index (χ2v) is 8.66. The number of likely N-dealkylation sites (N-methyl/N-ethyl adjacent to an activating group) is 1. The lowest BCUT2D eigenvalue weighted by molar-refractivity contribution is -0.122. The Kier molecular flexibility index (Phi) is 8.57. The molecule has 2 aromatic carbocycles. The number of halogens is 1. The zero-order valence-electron chi connectivity index (χ0n) is 18.9. The van der Waals surface area contributed by atoms with E-state index in [2.05, 4.69) is 20.9 Å². The Morgan fingerprint density at radius 1 is 1.15 bits per heavy atom. The summed E-state index contributed by atoms with van der Waals surface area (Å²) in [5.41, 5.74) is 1.76. The molecule has 0 aliphatic carbocycles. The number of amidine groups is 1. The van der Waals surface area contributed by atoms with Crippen LogP contribution in [0.25, 0.3) is 6.08 Å². The van der Waals surface area contributed by atoms with Crippen LogP contribution < -0.4 is 9.47 Å². The van der Waals surface area contributed by atoms with E-state index in [1.54, 1.807) is 29.2 Å². The molecule has 3 rings (SSSR count). The molecule has 1 heterocycles. The SMILES string of the molecule is CCOc1cc(C=C2SC(=Nc3cccc(C(=O)OC)c3)N(CC)C2=O)cc(Br)c1OCC. The summed E-state index contributed by atoms with van der Waals surface area (Å²) in [5.74, 6) is 0.673. The lowest BCUT2D eigenvalue weighted by Gasteiger charge is -2.13. The maximum absolute atomic E-state index is 13.0. The molecule has 2 aromatic rings. The van der Waals surface area contributed by atoms with E-state index in [-0.39, 0.29) is 5.91 Å². The van der Waals surface area contributed by atoms with Crippen molar-refractivity contribution in [1.29, 1.82) is 0 Å². The molecular weight excluding hydrogens is 508 g/mol. The van der Waals surface area contributed by atoms with Crippen molar-refractivity contribution in [2.24, 2.45) is 4.99 Å². The van der Waals surface area contributed by atoms with Gasteiger partial charge < -0.3 is 14.2 Å². The number of hydrogen-bond donors (Lipinski definition) is 0. The van der Waals surface area contributed by atoms with E-state index in [9.17, 15) is 9.59 Å². The molecule has 1 fully saturated rings. The van der Waals surface area contributed by atoms with Gasteiger partial charge in [-0.1, -0.05) is 6.07 Å². The van der Waals surface area contributed by atoms with Crippen LogP contribution in [0.1, 0.15) is 36.7 Å². The fourth-order valence-corrected chi connectivity index (χ4v) is 4.81. The maximum atomic E-state index is 13.0. The Bertz CT molecular complexity index is 1120. The van der Waals surface area contributed by atoms with Crippen LogP contribution in [0.2, 0.25) is 0 Å². The van der Waals surface area contributed by atoms with Gasteiger partial charge in [0.15, 0.2) is 16.7 Å². The van der Waals surface area contributed by atoms with Crippen molar-refractivity contribution in [3.05, 3.63) is 56.9 Å². The van der Waals surface area contributed by atoms with Crippen molar-refractivity contribution in [2.75, 3.05) is 26.9 Å². The van der Waals surface area contributed by atoms with Gasteiger partial charge in [-0.15, -0.1) is 0 Å². The van der Waals surface area contributed by atoms with Crippen LogP contribution in [0, 0.1) is 0 Å². The maximum Gasteiger partial charge on any atom is 0.337 e. The van der Waals surface area contributed by atoms with Crippen LogP contribution in [-0.2, 0) is 9.53 Å². The van der Waals surface area contributed by atoms with Crippen molar-refractivity contribution < 1.29 is 23.8 Å². The van der Waals surface area contributed by atoms with Gasteiger partial charge >= 0.3 is 5.97 Å². The van der Waals surface area contributed by atoms with Crippen LogP contribution in [0.5, 0.6) is 11.5 Å². The summed E-state index contributed by atoms with van der Waals surface area (Å²) in [5, 5.41) is 0.547. The highest BCUT2D eigenvalue weighted by Gasteiger charge is 2.32. The molecule has 0 aromatic heterocycles. The second-order valence-electron chi connectivity index (χ2n) is 6.79. The van der Waals surface area contributed by atoms with Crippen LogP contribution in [0.3, 0.4) is 0 Å². The number of aliphatic imine (C=N–C) groups is 1. The summed E-state index contributed by atoms with van der Waals surface area (Å²) in [6.45, 7) is 7.18. The average molecular weight is 533 g/mol. The highest BCUT2D eigenvalue weighted by atomic mass is 79.9. The molecule has 0 spiro atoms. The minimum absolute atomic E-state index is 0.131. The lowest BCUT2D eigenvalue weighted by Crippen LogP contribution is -2.28. The summed E-state index contributed by atoms with van der Waals surface area (Å²) in [6.07, 6.45) is 1.81. The number of carbonyl (C=O) groups is 2. The first kappa shape index (κ1) is 24.9. The molecular formula is C24H25BrN2O5S. The number of ether oxygens (including phenoxy) is 3. The van der Waals surface area contributed by atoms with Crippen molar-refractivity contribution in [2.45, 2.75) is 20.8 Å². The molecule has 1 aliphatic heterocycles. The van der Waals surface area contributed by atoms with E-state index >= 15 is 0 Å². The largest absolute Gasteiger partial charge is 0.490 e. The number of carbonyl (C=O) groups excluding carboxylic acids is 2. The Hall–Kier alpha value is -2.78. The van der Waals surface area contributed by atoms with Gasteiger partial charge in [0, 0.05) is 6.54 Å². The highest BCUT2D eigenvalue weighted by molar-refractivity contribution is 9.10. The molecule has 9 heteroatoms. The van der Waals surface area contributed by atoms with Gasteiger partial charge in [-0.05, 0) is 90.4 Å². The molecule has 0 bridgehead atoms. The van der Waals surface area contributed by atoms with E-state index in [0.29, 0.717) is 52.6 Å². The van der Waals surface area contributed by atoms with E-state index in [4.69, 9.17) is 14.2 Å². The molecule has 1 aliphatic rings. The van der Waals surface area contributed by atoms with Crippen LogP contribution in [-0.4, -0.2) is 48.8 Å². The predicted molar refractivity (Wildman–Crippen MR) is 134 cm³/mol. The van der Waals surface area contributed by atoms with Gasteiger partial charge in [-0.25, -0.2) is 9.79 Å². The zero-order valence-corrected chi connectivity index (χ0v) is 21.3. The topological polar surface area (TPSA) is 77.4 Å². The fraction of sp³-hybridized carbons (Fsp3) is 0.292. The number of amides is 1. The van der Waals surface area contributed by atoms with Crippen molar-refractivity contribution in [3.63, 3.8) is 0 Å². The molecule has 1 amide bonds. The van der Waals surface area contributed by atoms with Crippen LogP contribution >= 0.6 is 27.7 Å². The fourth-order valence-electron chi connectivity index (χ4n) is 3.17. The molecule has 174 valence electrons. The molecule has 0 radical (unpaired) electrons. The number of nitrogens with zero attached hydrogens (tertiary/aromatic N) is 2. The lowest BCUT2D eigenvalue weighted by atomic mass is 10.2. The molecule has 0 unspecified atom stereocenters.